The number of carbonyl (C=O) groups is 2. The topological polar surface area (TPSA) is 104 Å². The van der Waals surface area contributed by atoms with Crippen LogP contribution in [0.3, 0.4) is 0 Å². The van der Waals surface area contributed by atoms with Crippen molar-refractivity contribution in [3.05, 3.63) is 47.0 Å². The molecule has 0 bridgehead atoms. The Morgan fingerprint density at radius 2 is 1.73 bits per heavy atom. The predicted molar refractivity (Wildman–Crippen MR) is 114 cm³/mol. The molecule has 2 heterocycles. The number of ketones is 1. The van der Waals surface area contributed by atoms with Crippen LogP contribution in [-0.2, 0) is 11.2 Å². The lowest BCUT2D eigenvalue weighted by Gasteiger charge is -2.33. The molecule has 1 aliphatic rings. The summed E-state index contributed by atoms with van der Waals surface area (Å²) in [5.74, 6) is -0.488. The van der Waals surface area contributed by atoms with Crippen LogP contribution in [0.5, 0.6) is 5.75 Å². The van der Waals surface area contributed by atoms with E-state index in [0.717, 1.165) is 25.9 Å². The lowest BCUT2D eigenvalue weighted by Crippen LogP contribution is -2.34. The van der Waals surface area contributed by atoms with E-state index in [1.807, 2.05) is 0 Å². The van der Waals surface area contributed by atoms with Crippen LogP contribution in [0.1, 0.15) is 59.7 Å². The van der Waals surface area contributed by atoms with Crippen molar-refractivity contribution in [2.24, 2.45) is 5.92 Å². The Balaban J connectivity index is 1.61. The van der Waals surface area contributed by atoms with E-state index in [0.29, 0.717) is 23.9 Å². The Morgan fingerprint density at radius 1 is 1.07 bits per heavy atom. The molecule has 2 N–H and O–H groups in total. The molecular formula is C23H29N3O4. The third kappa shape index (κ3) is 5.55. The Kier molecular flexibility index (Phi) is 7.03. The first kappa shape index (κ1) is 21.7. The SMILES string of the molecule is Cc1ccc(N2CCC(Cc3nc(C)c(O)c(C(=O)CCCC(=O)O)n3)CC2)cc1. The second-order valence-corrected chi connectivity index (χ2v) is 8.06. The van der Waals surface area contributed by atoms with Crippen molar-refractivity contribution in [2.75, 3.05) is 18.0 Å². The van der Waals surface area contributed by atoms with Crippen LogP contribution in [-0.4, -0.2) is 45.0 Å². The molecule has 30 heavy (non-hydrogen) atoms. The van der Waals surface area contributed by atoms with Crippen molar-refractivity contribution in [1.82, 2.24) is 9.97 Å². The average Bonchev–Trinajstić information content (AvgIpc) is 2.71. The minimum absolute atomic E-state index is 0.0139. The molecule has 1 aromatic carbocycles. The van der Waals surface area contributed by atoms with Gasteiger partial charge >= 0.3 is 5.97 Å². The minimum atomic E-state index is -0.941. The first-order chi connectivity index (χ1) is 14.3. The summed E-state index contributed by atoms with van der Waals surface area (Å²) in [7, 11) is 0. The van der Waals surface area contributed by atoms with Gasteiger partial charge in [-0.15, -0.1) is 0 Å². The summed E-state index contributed by atoms with van der Waals surface area (Å²) in [6.07, 6.45) is 2.88. The fraction of sp³-hybridized carbons (Fsp3) is 0.478. The zero-order chi connectivity index (χ0) is 21.7. The maximum Gasteiger partial charge on any atom is 0.303 e. The summed E-state index contributed by atoms with van der Waals surface area (Å²) >= 11 is 0. The summed E-state index contributed by atoms with van der Waals surface area (Å²) < 4.78 is 0. The highest BCUT2D eigenvalue weighted by Crippen LogP contribution is 2.27. The van der Waals surface area contributed by atoms with Gasteiger partial charge in [-0.3, -0.25) is 9.59 Å². The fourth-order valence-electron chi connectivity index (χ4n) is 3.84. The molecule has 7 nitrogen and oxygen atoms in total. The predicted octanol–water partition coefficient (Wildman–Crippen LogP) is 3.70. The molecular weight excluding hydrogens is 382 g/mol. The lowest BCUT2D eigenvalue weighted by atomic mass is 9.92. The molecule has 3 rings (SSSR count). The summed E-state index contributed by atoms with van der Waals surface area (Å²) in [5.41, 5.74) is 2.89. The normalized spacial score (nSPS) is 14.7. The van der Waals surface area contributed by atoms with Crippen LogP contribution in [0.25, 0.3) is 0 Å². The molecule has 1 fully saturated rings. The maximum absolute atomic E-state index is 12.4. The number of nitrogens with zero attached hydrogens (tertiary/aromatic N) is 3. The molecule has 7 heteroatoms. The van der Waals surface area contributed by atoms with E-state index in [4.69, 9.17) is 5.11 Å². The van der Waals surface area contributed by atoms with Gasteiger partial charge < -0.3 is 15.1 Å². The van der Waals surface area contributed by atoms with E-state index >= 15 is 0 Å². The van der Waals surface area contributed by atoms with Crippen molar-refractivity contribution in [3.8, 4) is 5.75 Å². The first-order valence-corrected chi connectivity index (χ1v) is 10.5. The van der Waals surface area contributed by atoms with Gasteiger partial charge in [-0.25, -0.2) is 9.97 Å². The number of aryl methyl sites for hydroxylation is 2. The van der Waals surface area contributed by atoms with Gasteiger partial charge in [-0.2, -0.15) is 0 Å². The van der Waals surface area contributed by atoms with Gasteiger partial charge in [0.2, 0.25) is 0 Å². The minimum Gasteiger partial charge on any atom is -0.504 e. The standard InChI is InChI=1S/C23H29N3O4/c1-15-6-8-18(9-7-15)26-12-10-17(11-13-26)14-20-24-16(2)23(30)22(25-20)19(27)4-3-5-21(28)29/h6-9,17,30H,3-5,10-14H2,1-2H3,(H,28,29). The molecule has 1 aliphatic heterocycles. The monoisotopic (exact) mass is 411 g/mol. The Labute approximate surface area is 176 Å². The quantitative estimate of drug-likeness (QED) is 0.638. The molecule has 0 atom stereocenters. The largest absolute Gasteiger partial charge is 0.504 e. The highest BCUT2D eigenvalue weighted by Gasteiger charge is 2.23. The molecule has 0 aliphatic carbocycles. The van der Waals surface area contributed by atoms with Crippen molar-refractivity contribution in [1.29, 1.82) is 0 Å². The number of aliphatic carboxylic acids is 1. The van der Waals surface area contributed by atoms with Gasteiger partial charge in [0.25, 0.3) is 0 Å². The number of hydrogen-bond acceptors (Lipinski definition) is 6. The van der Waals surface area contributed by atoms with Gasteiger partial charge in [-0.1, -0.05) is 17.7 Å². The summed E-state index contributed by atoms with van der Waals surface area (Å²) in [6.45, 7) is 5.67. The molecule has 1 saturated heterocycles. The van der Waals surface area contributed by atoms with Crippen molar-refractivity contribution >= 4 is 17.4 Å². The van der Waals surface area contributed by atoms with Gasteiger partial charge in [-0.05, 0) is 51.2 Å². The molecule has 0 amide bonds. The first-order valence-electron chi connectivity index (χ1n) is 10.5. The Morgan fingerprint density at radius 3 is 2.37 bits per heavy atom. The van der Waals surface area contributed by atoms with Gasteiger partial charge in [0, 0.05) is 38.0 Å². The van der Waals surface area contributed by atoms with Crippen molar-refractivity contribution in [2.45, 2.75) is 52.4 Å². The number of carbonyl (C=O) groups excluding carboxylic acids is 1. The van der Waals surface area contributed by atoms with Crippen LogP contribution in [0.2, 0.25) is 0 Å². The van der Waals surface area contributed by atoms with Crippen molar-refractivity contribution < 1.29 is 19.8 Å². The number of anilines is 1. The zero-order valence-electron chi connectivity index (χ0n) is 17.6. The van der Waals surface area contributed by atoms with E-state index in [-0.39, 0.29) is 36.5 Å². The number of benzene rings is 1. The smallest absolute Gasteiger partial charge is 0.303 e. The van der Waals surface area contributed by atoms with Crippen LogP contribution in [0.4, 0.5) is 5.69 Å². The molecule has 0 spiro atoms. The van der Waals surface area contributed by atoms with Crippen LogP contribution in [0.15, 0.2) is 24.3 Å². The van der Waals surface area contributed by atoms with Crippen LogP contribution < -0.4 is 4.90 Å². The number of hydrogen-bond donors (Lipinski definition) is 2. The summed E-state index contributed by atoms with van der Waals surface area (Å²) in [6, 6.07) is 8.57. The van der Waals surface area contributed by atoms with Crippen LogP contribution in [0, 0.1) is 19.8 Å². The molecule has 0 radical (unpaired) electrons. The molecule has 2 aromatic rings. The number of Topliss-reactive ketones (excluding diaryl/α,β-unsaturated/α-hetero) is 1. The van der Waals surface area contributed by atoms with E-state index in [9.17, 15) is 14.7 Å². The molecule has 160 valence electrons. The maximum atomic E-state index is 12.4. The number of carboxylic acid groups (broad SMARTS) is 1. The van der Waals surface area contributed by atoms with Gasteiger partial charge in [0.1, 0.15) is 5.82 Å². The fourth-order valence-corrected chi connectivity index (χ4v) is 3.84. The molecule has 1 aromatic heterocycles. The number of piperidine rings is 1. The number of carboxylic acids is 1. The van der Waals surface area contributed by atoms with Crippen LogP contribution >= 0.6 is 0 Å². The Bertz CT molecular complexity index is 903. The number of rotatable bonds is 8. The summed E-state index contributed by atoms with van der Waals surface area (Å²) in [5, 5.41) is 19.0. The molecule has 0 unspecified atom stereocenters. The van der Waals surface area contributed by atoms with E-state index in [1.165, 1.54) is 11.3 Å². The number of aromatic nitrogens is 2. The Hall–Kier alpha value is -2.96. The summed E-state index contributed by atoms with van der Waals surface area (Å²) in [4.78, 5) is 34.2. The second-order valence-electron chi connectivity index (χ2n) is 8.06. The highest BCUT2D eigenvalue weighted by atomic mass is 16.4. The third-order valence-corrected chi connectivity index (χ3v) is 5.65. The van der Waals surface area contributed by atoms with E-state index in [1.54, 1.807) is 6.92 Å². The lowest BCUT2D eigenvalue weighted by molar-refractivity contribution is -0.137. The average molecular weight is 412 g/mol. The van der Waals surface area contributed by atoms with Crippen molar-refractivity contribution in [3.63, 3.8) is 0 Å². The van der Waals surface area contributed by atoms with Gasteiger partial charge in [0.15, 0.2) is 17.2 Å². The van der Waals surface area contributed by atoms with E-state index < -0.39 is 5.97 Å². The highest BCUT2D eigenvalue weighted by molar-refractivity contribution is 5.97. The van der Waals surface area contributed by atoms with Gasteiger partial charge in [0.05, 0.1) is 5.69 Å². The van der Waals surface area contributed by atoms with E-state index in [2.05, 4.69) is 46.1 Å². The molecule has 0 saturated carbocycles. The second kappa shape index (κ2) is 9.69. The zero-order valence-corrected chi connectivity index (χ0v) is 17.6. The third-order valence-electron chi connectivity index (χ3n) is 5.65. The number of aromatic hydroxyl groups is 1.